The molecule has 1 unspecified atom stereocenters. The normalized spacial score (nSPS) is 12.3. The molecule has 0 saturated heterocycles. The highest BCUT2D eigenvalue weighted by molar-refractivity contribution is 7.98. The van der Waals surface area contributed by atoms with E-state index < -0.39 is 0 Å². The molecule has 0 spiro atoms. The van der Waals surface area contributed by atoms with Gasteiger partial charge in [0.2, 0.25) is 5.89 Å². The molecule has 0 aliphatic heterocycles. The van der Waals surface area contributed by atoms with Gasteiger partial charge >= 0.3 is 0 Å². The summed E-state index contributed by atoms with van der Waals surface area (Å²) in [5, 5.41) is 2.85. The number of carbonyl (C=O) groups excluding carboxylic acids is 1. The lowest BCUT2D eigenvalue weighted by molar-refractivity contribution is 0.0948. The van der Waals surface area contributed by atoms with E-state index >= 15 is 0 Å². The molecule has 0 radical (unpaired) electrons. The fourth-order valence-corrected chi connectivity index (χ4v) is 2.26. The maximum Gasteiger partial charge on any atom is 0.273 e. The molecule has 114 valence electrons. The number of nitrogens with one attached hydrogen (secondary N) is 1. The predicted octanol–water partition coefficient (Wildman–Crippen LogP) is 2.74. The van der Waals surface area contributed by atoms with Crippen molar-refractivity contribution in [2.24, 2.45) is 5.73 Å². The Balaban J connectivity index is 2.36. The largest absolute Gasteiger partial charge is 0.446 e. The van der Waals surface area contributed by atoms with Crippen molar-refractivity contribution in [1.82, 2.24) is 10.3 Å². The maximum atomic E-state index is 11.8. The molecular weight excluding hydrogens is 274 g/mol. The van der Waals surface area contributed by atoms with Gasteiger partial charge in [-0.1, -0.05) is 26.2 Å². The van der Waals surface area contributed by atoms with E-state index in [-0.39, 0.29) is 11.9 Å². The number of oxazole rings is 1. The molecule has 5 nitrogen and oxygen atoms in total. The summed E-state index contributed by atoms with van der Waals surface area (Å²) in [5.41, 5.74) is 6.26. The van der Waals surface area contributed by atoms with Crippen molar-refractivity contribution in [1.29, 1.82) is 0 Å². The Hall–Kier alpha value is -1.01. The molecule has 0 aliphatic carbocycles. The van der Waals surface area contributed by atoms with E-state index in [1.54, 1.807) is 11.8 Å². The van der Waals surface area contributed by atoms with E-state index in [0.717, 1.165) is 25.0 Å². The van der Waals surface area contributed by atoms with Crippen LogP contribution < -0.4 is 11.1 Å². The number of carbonyl (C=O) groups is 1. The third kappa shape index (κ3) is 5.96. The summed E-state index contributed by atoms with van der Waals surface area (Å²) in [6.07, 6.45) is 8.73. The molecule has 1 atom stereocenters. The summed E-state index contributed by atoms with van der Waals surface area (Å²) in [5.74, 6) is 1.20. The Labute approximate surface area is 125 Å². The maximum absolute atomic E-state index is 11.8. The van der Waals surface area contributed by atoms with E-state index in [1.165, 1.54) is 19.1 Å². The molecule has 0 saturated carbocycles. The van der Waals surface area contributed by atoms with Crippen molar-refractivity contribution in [3.8, 4) is 0 Å². The Morgan fingerprint density at radius 2 is 2.30 bits per heavy atom. The summed E-state index contributed by atoms with van der Waals surface area (Å²) in [4.78, 5) is 16.0. The van der Waals surface area contributed by atoms with Gasteiger partial charge in [0.1, 0.15) is 6.26 Å². The van der Waals surface area contributed by atoms with Crippen molar-refractivity contribution >= 4 is 17.7 Å². The van der Waals surface area contributed by atoms with Gasteiger partial charge in [0.15, 0.2) is 5.69 Å². The molecule has 20 heavy (non-hydrogen) atoms. The van der Waals surface area contributed by atoms with Crippen LogP contribution in [0.1, 0.15) is 61.4 Å². The molecule has 0 aromatic carbocycles. The molecular formula is C14H25N3O2S. The number of hydrogen-bond donors (Lipinski definition) is 2. The van der Waals surface area contributed by atoms with Gasteiger partial charge in [-0.15, -0.1) is 0 Å². The van der Waals surface area contributed by atoms with Crippen LogP contribution in [0.5, 0.6) is 0 Å². The SMILES string of the molecule is CCCCCCNC(=O)c1coc(C(N)CCSC)n1. The molecule has 0 fully saturated rings. The first kappa shape index (κ1) is 17.0. The monoisotopic (exact) mass is 299 g/mol. The number of nitrogens with zero attached hydrogens (tertiary/aromatic N) is 1. The number of aromatic nitrogens is 1. The van der Waals surface area contributed by atoms with Crippen LogP contribution >= 0.6 is 11.8 Å². The Bertz CT molecular complexity index is 396. The minimum Gasteiger partial charge on any atom is -0.446 e. The zero-order chi connectivity index (χ0) is 14.8. The minimum absolute atomic E-state index is 0.187. The number of thioether (sulfide) groups is 1. The second-order valence-corrected chi connectivity index (χ2v) is 5.76. The highest BCUT2D eigenvalue weighted by Gasteiger charge is 2.16. The second-order valence-electron chi connectivity index (χ2n) is 4.78. The fourth-order valence-electron chi connectivity index (χ4n) is 1.77. The topological polar surface area (TPSA) is 81.2 Å². The van der Waals surface area contributed by atoms with Crippen LogP contribution in [0.15, 0.2) is 10.7 Å². The average Bonchev–Trinajstić information content (AvgIpc) is 2.94. The number of hydrogen-bond acceptors (Lipinski definition) is 5. The van der Waals surface area contributed by atoms with Crippen molar-refractivity contribution in [2.45, 2.75) is 45.1 Å². The van der Waals surface area contributed by atoms with Gasteiger partial charge in [-0.3, -0.25) is 4.79 Å². The standard InChI is InChI=1S/C14H25N3O2S/c1-3-4-5-6-8-16-13(18)12-10-19-14(17-12)11(15)7-9-20-2/h10-11H,3-9,15H2,1-2H3,(H,16,18). The quantitative estimate of drug-likeness (QED) is 0.649. The van der Waals surface area contributed by atoms with Gasteiger partial charge in [-0.05, 0) is 24.9 Å². The third-order valence-corrected chi connectivity index (χ3v) is 3.66. The molecule has 1 aromatic rings. The summed E-state index contributed by atoms with van der Waals surface area (Å²) in [7, 11) is 0. The smallest absolute Gasteiger partial charge is 0.273 e. The molecule has 1 aromatic heterocycles. The summed E-state index contributed by atoms with van der Waals surface area (Å²) >= 11 is 1.73. The summed E-state index contributed by atoms with van der Waals surface area (Å²) < 4.78 is 5.28. The fraction of sp³-hybridized carbons (Fsp3) is 0.714. The van der Waals surface area contributed by atoms with Crippen LogP contribution in [0.25, 0.3) is 0 Å². The van der Waals surface area contributed by atoms with Gasteiger partial charge in [0.05, 0.1) is 6.04 Å². The lowest BCUT2D eigenvalue weighted by atomic mass is 10.2. The molecule has 3 N–H and O–H groups in total. The molecule has 0 aliphatic rings. The van der Waals surface area contributed by atoms with Crippen molar-refractivity contribution in [3.63, 3.8) is 0 Å². The number of rotatable bonds is 10. The first-order chi connectivity index (χ1) is 9.69. The molecule has 0 bridgehead atoms. The molecule has 1 rings (SSSR count). The van der Waals surface area contributed by atoms with Crippen LogP contribution in [0.3, 0.4) is 0 Å². The average molecular weight is 299 g/mol. The first-order valence-corrected chi connectivity index (χ1v) is 8.56. The van der Waals surface area contributed by atoms with Crippen LogP contribution in [0.4, 0.5) is 0 Å². The van der Waals surface area contributed by atoms with Crippen LogP contribution in [0.2, 0.25) is 0 Å². The molecule has 1 amide bonds. The molecule has 1 heterocycles. The summed E-state index contributed by atoms with van der Waals surface area (Å²) in [6, 6.07) is -0.242. The van der Waals surface area contributed by atoms with Crippen molar-refractivity contribution < 1.29 is 9.21 Å². The van der Waals surface area contributed by atoms with Gasteiger partial charge < -0.3 is 15.5 Å². The van der Waals surface area contributed by atoms with E-state index in [0.29, 0.717) is 18.1 Å². The lowest BCUT2D eigenvalue weighted by Gasteiger charge is -2.05. The van der Waals surface area contributed by atoms with Crippen molar-refractivity contribution in [2.75, 3.05) is 18.6 Å². The van der Waals surface area contributed by atoms with E-state index in [9.17, 15) is 4.79 Å². The Kier molecular flexibility index (Phi) is 8.37. The van der Waals surface area contributed by atoms with Gasteiger partial charge in [-0.25, -0.2) is 4.98 Å². The van der Waals surface area contributed by atoms with Gasteiger partial charge in [0, 0.05) is 6.54 Å². The van der Waals surface area contributed by atoms with Crippen LogP contribution in [-0.4, -0.2) is 29.4 Å². The zero-order valence-electron chi connectivity index (χ0n) is 12.4. The van der Waals surface area contributed by atoms with Crippen molar-refractivity contribution in [3.05, 3.63) is 17.8 Å². The lowest BCUT2D eigenvalue weighted by Crippen LogP contribution is -2.25. The number of amides is 1. The Morgan fingerprint density at radius 1 is 1.50 bits per heavy atom. The number of unbranched alkanes of at least 4 members (excludes halogenated alkanes) is 3. The predicted molar refractivity (Wildman–Crippen MR) is 82.9 cm³/mol. The van der Waals surface area contributed by atoms with Gasteiger partial charge in [-0.2, -0.15) is 11.8 Å². The first-order valence-electron chi connectivity index (χ1n) is 7.17. The molecule has 6 heteroatoms. The summed E-state index contributed by atoms with van der Waals surface area (Å²) in [6.45, 7) is 2.84. The highest BCUT2D eigenvalue weighted by Crippen LogP contribution is 2.15. The van der Waals surface area contributed by atoms with Crippen LogP contribution in [0, 0.1) is 0 Å². The number of nitrogens with two attached hydrogens (primary N) is 1. The third-order valence-electron chi connectivity index (χ3n) is 3.02. The highest BCUT2D eigenvalue weighted by atomic mass is 32.2. The Morgan fingerprint density at radius 3 is 3.00 bits per heavy atom. The van der Waals surface area contributed by atoms with E-state index in [1.807, 2.05) is 6.26 Å². The van der Waals surface area contributed by atoms with E-state index in [2.05, 4.69) is 17.2 Å². The van der Waals surface area contributed by atoms with Crippen LogP contribution in [-0.2, 0) is 0 Å². The minimum atomic E-state index is -0.242. The van der Waals surface area contributed by atoms with E-state index in [4.69, 9.17) is 10.2 Å². The van der Waals surface area contributed by atoms with Gasteiger partial charge in [0.25, 0.3) is 5.91 Å². The second kappa shape index (κ2) is 9.83. The zero-order valence-corrected chi connectivity index (χ0v) is 13.2.